The molecule has 1 aromatic rings. The van der Waals surface area contributed by atoms with Crippen LogP contribution in [0.4, 0.5) is 0 Å². The molecule has 3 N–H and O–H groups in total. The van der Waals surface area contributed by atoms with E-state index in [1.807, 2.05) is 26.0 Å². The third kappa shape index (κ3) is 5.59. The topological polar surface area (TPSA) is 70.6 Å². The maximum atomic E-state index is 11.3. The lowest BCUT2D eigenvalue weighted by Crippen LogP contribution is -2.44. The van der Waals surface area contributed by atoms with Crippen LogP contribution < -0.4 is 15.4 Å². The molecule has 0 bridgehead atoms. The van der Waals surface area contributed by atoms with Gasteiger partial charge in [-0.05, 0) is 44.0 Å². The number of benzene rings is 1. The summed E-state index contributed by atoms with van der Waals surface area (Å²) in [6.45, 7) is 6.25. The van der Waals surface area contributed by atoms with Crippen molar-refractivity contribution in [3.63, 3.8) is 0 Å². The Labute approximate surface area is 120 Å². The second kappa shape index (κ2) is 7.87. The number of aliphatic hydroxyl groups is 1. The molecule has 0 heterocycles. The largest absolute Gasteiger partial charge is 0.491 e. The van der Waals surface area contributed by atoms with Crippen molar-refractivity contribution in [3.8, 4) is 5.75 Å². The van der Waals surface area contributed by atoms with Crippen LogP contribution in [0.25, 0.3) is 0 Å². The third-order valence-corrected chi connectivity index (χ3v) is 2.94. The van der Waals surface area contributed by atoms with Crippen LogP contribution in [-0.4, -0.2) is 43.4 Å². The molecule has 2 atom stereocenters. The molecule has 1 aromatic carbocycles. The van der Waals surface area contributed by atoms with Gasteiger partial charge >= 0.3 is 0 Å². The molecule has 0 saturated heterocycles. The van der Waals surface area contributed by atoms with Crippen LogP contribution >= 0.6 is 0 Å². The van der Waals surface area contributed by atoms with E-state index >= 15 is 0 Å². The number of hydrogen-bond acceptors (Lipinski definition) is 4. The van der Waals surface area contributed by atoms with Crippen LogP contribution in [0.3, 0.4) is 0 Å². The van der Waals surface area contributed by atoms with E-state index in [9.17, 15) is 9.90 Å². The Bertz CT molecular complexity index is 428. The molecule has 0 fully saturated rings. The zero-order chi connectivity index (χ0) is 15.1. The fourth-order valence-electron chi connectivity index (χ4n) is 1.89. The van der Waals surface area contributed by atoms with Crippen molar-refractivity contribution >= 4 is 5.91 Å². The van der Waals surface area contributed by atoms with Crippen molar-refractivity contribution < 1.29 is 14.6 Å². The predicted molar refractivity (Wildman–Crippen MR) is 78.9 cm³/mol. The van der Waals surface area contributed by atoms with Gasteiger partial charge < -0.3 is 20.5 Å². The number of carbonyl (C=O) groups excluding carboxylic acids is 1. The van der Waals surface area contributed by atoms with Crippen LogP contribution in [0.15, 0.2) is 18.2 Å². The Morgan fingerprint density at radius 2 is 1.90 bits per heavy atom. The van der Waals surface area contributed by atoms with Crippen molar-refractivity contribution in [3.05, 3.63) is 29.3 Å². The number of aryl methyl sites for hydroxylation is 2. The predicted octanol–water partition coefficient (Wildman–Crippen LogP) is 0.767. The first-order valence-electron chi connectivity index (χ1n) is 6.76. The van der Waals surface area contributed by atoms with E-state index in [1.165, 1.54) is 0 Å². The summed E-state index contributed by atoms with van der Waals surface area (Å²) in [6.07, 6.45) is -0.664. The lowest BCUT2D eigenvalue weighted by atomic mass is 10.1. The monoisotopic (exact) mass is 280 g/mol. The summed E-state index contributed by atoms with van der Waals surface area (Å²) >= 11 is 0. The van der Waals surface area contributed by atoms with Crippen molar-refractivity contribution in [1.29, 1.82) is 0 Å². The molecule has 0 aliphatic heterocycles. The van der Waals surface area contributed by atoms with Crippen LogP contribution in [-0.2, 0) is 4.79 Å². The Kier molecular flexibility index (Phi) is 6.48. The lowest BCUT2D eigenvalue weighted by Gasteiger charge is -2.17. The molecule has 0 aliphatic rings. The fraction of sp³-hybridized carbons (Fsp3) is 0.533. The van der Waals surface area contributed by atoms with Gasteiger partial charge in [-0.2, -0.15) is 0 Å². The molecular formula is C15H24N2O3. The number of nitrogens with one attached hydrogen (secondary N) is 2. The van der Waals surface area contributed by atoms with E-state index < -0.39 is 6.10 Å². The number of carbonyl (C=O) groups is 1. The van der Waals surface area contributed by atoms with Gasteiger partial charge in [-0.3, -0.25) is 4.79 Å². The van der Waals surface area contributed by atoms with Crippen LogP contribution in [0.1, 0.15) is 18.1 Å². The van der Waals surface area contributed by atoms with Crippen LogP contribution in [0.2, 0.25) is 0 Å². The van der Waals surface area contributed by atoms with Crippen LogP contribution in [0.5, 0.6) is 5.75 Å². The number of ether oxygens (including phenoxy) is 1. The van der Waals surface area contributed by atoms with Gasteiger partial charge in [0.15, 0.2) is 0 Å². The Morgan fingerprint density at radius 1 is 1.30 bits per heavy atom. The maximum Gasteiger partial charge on any atom is 0.236 e. The summed E-state index contributed by atoms with van der Waals surface area (Å²) in [5.41, 5.74) is 2.25. The molecule has 0 radical (unpaired) electrons. The summed E-state index contributed by atoms with van der Waals surface area (Å²) in [6, 6.07) is 5.59. The molecule has 5 nitrogen and oxygen atoms in total. The molecule has 5 heteroatoms. The van der Waals surface area contributed by atoms with E-state index in [1.54, 1.807) is 14.0 Å². The minimum absolute atomic E-state index is 0.104. The first kappa shape index (κ1) is 16.5. The molecule has 0 spiro atoms. The standard InChI is InChI=1S/C15H24N2O3/c1-10-5-11(2)7-14(6-10)20-9-13(18)8-17-12(3)15(19)16-4/h5-7,12-13,17-18H,8-9H2,1-4H3,(H,16,19). The molecule has 0 aromatic heterocycles. The van der Waals surface area contributed by atoms with Crippen molar-refractivity contribution in [2.24, 2.45) is 0 Å². The summed E-state index contributed by atoms with van der Waals surface area (Å²) < 4.78 is 5.56. The van der Waals surface area contributed by atoms with E-state index in [4.69, 9.17) is 4.74 Å². The first-order valence-corrected chi connectivity index (χ1v) is 6.76. The highest BCUT2D eigenvalue weighted by Crippen LogP contribution is 2.16. The molecule has 0 saturated carbocycles. The Balaban J connectivity index is 2.36. The van der Waals surface area contributed by atoms with Crippen molar-refractivity contribution in [2.75, 3.05) is 20.2 Å². The van der Waals surface area contributed by atoms with E-state index in [2.05, 4.69) is 16.7 Å². The number of rotatable bonds is 7. The van der Waals surface area contributed by atoms with E-state index in [0.29, 0.717) is 6.54 Å². The molecule has 0 aliphatic carbocycles. The normalized spacial score (nSPS) is 13.7. The number of aliphatic hydroxyl groups excluding tert-OH is 1. The van der Waals surface area contributed by atoms with Crippen molar-refractivity contribution in [2.45, 2.75) is 32.9 Å². The second-order valence-corrected chi connectivity index (χ2v) is 5.03. The molecular weight excluding hydrogens is 256 g/mol. The SMILES string of the molecule is CNC(=O)C(C)NCC(O)COc1cc(C)cc(C)c1. The van der Waals surface area contributed by atoms with E-state index in [0.717, 1.165) is 16.9 Å². The van der Waals surface area contributed by atoms with Gasteiger partial charge in [0.05, 0.1) is 6.04 Å². The highest BCUT2D eigenvalue weighted by Gasteiger charge is 2.12. The first-order chi connectivity index (χ1) is 9.42. The number of amides is 1. The van der Waals surface area contributed by atoms with Gasteiger partial charge in [0.25, 0.3) is 0 Å². The Hall–Kier alpha value is -1.59. The quantitative estimate of drug-likeness (QED) is 0.690. The number of likely N-dealkylation sites (N-methyl/N-ethyl adjacent to an activating group) is 1. The van der Waals surface area contributed by atoms with Crippen molar-refractivity contribution in [1.82, 2.24) is 10.6 Å². The smallest absolute Gasteiger partial charge is 0.236 e. The van der Waals surface area contributed by atoms with Gasteiger partial charge in [0, 0.05) is 13.6 Å². The highest BCUT2D eigenvalue weighted by molar-refractivity contribution is 5.80. The Morgan fingerprint density at radius 3 is 2.45 bits per heavy atom. The molecule has 1 rings (SSSR count). The fourth-order valence-corrected chi connectivity index (χ4v) is 1.89. The molecule has 1 amide bonds. The average molecular weight is 280 g/mol. The van der Waals surface area contributed by atoms with Gasteiger partial charge in [-0.15, -0.1) is 0 Å². The molecule has 20 heavy (non-hydrogen) atoms. The summed E-state index contributed by atoms with van der Waals surface area (Å²) in [4.78, 5) is 11.3. The highest BCUT2D eigenvalue weighted by atomic mass is 16.5. The third-order valence-electron chi connectivity index (χ3n) is 2.94. The van der Waals surface area contributed by atoms with Gasteiger partial charge in [0.1, 0.15) is 18.5 Å². The van der Waals surface area contributed by atoms with Gasteiger partial charge in [0.2, 0.25) is 5.91 Å². The minimum Gasteiger partial charge on any atom is -0.491 e. The molecule has 2 unspecified atom stereocenters. The summed E-state index contributed by atoms with van der Waals surface area (Å²) in [5.74, 6) is 0.647. The zero-order valence-electron chi connectivity index (χ0n) is 12.6. The minimum atomic E-state index is -0.664. The average Bonchev–Trinajstić information content (AvgIpc) is 2.40. The number of hydrogen-bond donors (Lipinski definition) is 3. The zero-order valence-corrected chi connectivity index (χ0v) is 12.6. The van der Waals surface area contributed by atoms with Gasteiger partial charge in [-0.25, -0.2) is 0 Å². The summed E-state index contributed by atoms with van der Waals surface area (Å²) in [5, 5.41) is 15.3. The second-order valence-electron chi connectivity index (χ2n) is 5.03. The van der Waals surface area contributed by atoms with E-state index in [-0.39, 0.29) is 18.6 Å². The van der Waals surface area contributed by atoms with Crippen LogP contribution in [0, 0.1) is 13.8 Å². The van der Waals surface area contributed by atoms with Gasteiger partial charge in [-0.1, -0.05) is 6.07 Å². The maximum absolute atomic E-state index is 11.3. The molecule has 112 valence electrons. The lowest BCUT2D eigenvalue weighted by molar-refractivity contribution is -0.122. The summed E-state index contributed by atoms with van der Waals surface area (Å²) in [7, 11) is 1.58.